The van der Waals surface area contributed by atoms with Gasteiger partial charge in [-0.3, -0.25) is 4.79 Å². The molecule has 27 heavy (non-hydrogen) atoms. The largest absolute Gasteiger partial charge is 0.302 e. The molecule has 0 saturated carbocycles. The van der Waals surface area contributed by atoms with Gasteiger partial charge in [0.05, 0.1) is 10.8 Å². The second-order valence-corrected chi connectivity index (χ2v) is 7.42. The number of Topliss-reactive ketones (excluding diaryl/α,β-unsaturated/α-hetero) is 1. The first-order valence-electron chi connectivity index (χ1n) is 8.57. The Bertz CT molecular complexity index is 987. The molecule has 0 N–H and O–H groups in total. The summed E-state index contributed by atoms with van der Waals surface area (Å²) >= 11 is 1.21. The summed E-state index contributed by atoms with van der Waals surface area (Å²) in [5, 5.41) is 8.51. The van der Waals surface area contributed by atoms with Gasteiger partial charge in [-0.1, -0.05) is 36.0 Å². The highest BCUT2D eigenvalue weighted by Crippen LogP contribution is 2.30. The molecule has 0 saturated heterocycles. The third-order valence-corrected chi connectivity index (χ3v) is 5.35. The minimum atomic E-state index is -0.856. The van der Waals surface area contributed by atoms with Crippen LogP contribution in [-0.4, -0.2) is 25.8 Å². The second kappa shape index (κ2) is 8.00. The van der Waals surface area contributed by atoms with E-state index in [0.29, 0.717) is 11.7 Å². The first kappa shape index (κ1) is 19.2. The number of benzene rings is 2. The van der Waals surface area contributed by atoms with Crippen molar-refractivity contribution in [3.8, 4) is 11.4 Å². The van der Waals surface area contributed by atoms with Gasteiger partial charge >= 0.3 is 0 Å². The van der Waals surface area contributed by atoms with Gasteiger partial charge < -0.3 is 4.57 Å². The van der Waals surface area contributed by atoms with E-state index in [2.05, 4.69) is 10.2 Å². The van der Waals surface area contributed by atoms with E-state index in [1.165, 1.54) is 17.8 Å². The molecule has 0 amide bonds. The van der Waals surface area contributed by atoms with Crippen molar-refractivity contribution in [1.29, 1.82) is 0 Å². The van der Waals surface area contributed by atoms with Crippen LogP contribution >= 0.6 is 11.8 Å². The van der Waals surface area contributed by atoms with Crippen molar-refractivity contribution in [1.82, 2.24) is 14.8 Å². The van der Waals surface area contributed by atoms with Crippen LogP contribution in [0.3, 0.4) is 0 Å². The Labute approximate surface area is 160 Å². The van der Waals surface area contributed by atoms with Crippen LogP contribution in [0.5, 0.6) is 0 Å². The Morgan fingerprint density at radius 1 is 1.19 bits per heavy atom. The molecular formula is C20H19F2N3OS. The summed E-state index contributed by atoms with van der Waals surface area (Å²) in [4.78, 5) is 12.6. The maximum atomic E-state index is 13.9. The van der Waals surface area contributed by atoms with Crippen molar-refractivity contribution < 1.29 is 13.6 Å². The molecule has 0 aliphatic heterocycles. The molecule has 2 aromatic carbocycles. The first-order chi connectivity index (χ1) is 12.9. The highest BCUT2D eigenvalue weighted by atomic mass is 32.2. The van der Waals surface area contributed by atoms with E-state index in [4.69, 9.17) is 0 Å². The average molecular weight is 387 g/mol. The SMILES string of the molecule is CCn1c(SC(C)C(=O)c2ccc(F)cc2F)nnc1-c1ccccc1C. The molecular weight excluding hydrogens is 368 g/mol. The summed E-state index contributed by atoms with van der Waals surface area (Å²) in [6.07, 6.45) is 0. The number of carbonyl (C=O) groups is 1. The molecule has 0 spiro atoms. The maximum absolute atomic E-state index is 13.9. The number of carbonyl (C=O) groups excluding carboxylic acids is 1. The van der Waals surface area contributed by atoms with Crippen molar-refractivity contribution in [2.45, 2.75) is 37.7 Å². The molecule has 1 unspecified atom stereocenters. The van der Waals surface area contributed by atoms with Gasteiger partial charge in [-0.15, -0.1) is 10.2 Å². The molecule has 0 aliphatic carbocycles. The Kier molecular flexibility index (Phi) is 5.70. The van der Waals surface area contributed by atoms with Crippen LogP contribution in [0.15, 0.2) is 47.6 Å². The molecule has 140 valence electrons. The van der Waals surface area contributed by atoms with Gasteiger partial charge in [0.2, 0.25) is 0 Å². The predicted octanol–water partition coefficient (Wildman–Crippen LogP) is 4.92. The van der Waals surface area contributed by atoms with Crippen LogP contribution in [0.2, 0.25) is 0 Å². The molecule has 0 radical (unpaired) electrons. The van der Waals surface area contributed by atoms with E-state index in [1.807, 2.05) is 42.7 Å². The van der Waals surface area contributed by atoms with Crippen molar-refractivity contribution >= 4 is 17.5 Å². The lowest BCUT2D eigenvalue weighted by Gasteiger charge is -2.12. The summed E-state index contributed by atoms with van der Waals surface area (Å²) < 4.78 is 28.9. The minimum Gasteiger partial charge on any atom is -0.302 e. The van der Waals surface area contributed by atoms with Gasteiger partial charge in [-0.2, -0.15) is 0 Å². The van der Waals surface area contributed by atoms with Crippen molar-refractivity contribution in [3.63, 3.8) is 0 Å². The smallest absolute Gasteiger partial charge is 0.192 e. The topological polar surface area (TPSA) is 47.8 Å². The number of thioether (sulfide) groups is 1. The van der Waals surface area contributed by atoms with Gasteiger partial charge in [0, 0.05) is 18.2 Å². The fraction of sp³-hybridized carbons (Fsp3) is 0.250. The number of ketones is 1. The molecule has 1 atom stereocenters. The number of aromatic nitrogens is 3. The Balaban J connectivity index is 1.87. The fourth-order valence-corrected chi connectivity index (χ4v) is 3.78. The normalized spacial score (nSPS) is 12.2. The number of hydrogen-bond donors (Lipinski definition) is 0. The summed E-state index contributed by atoms with van der Waals surface area (Å²) in [5.41, 5.74) is 1.93. The zero-order valence-corrected chi connectivity index (χ0v) is 16.1. The molecule has 7 heteroatoms. The van der Waals surface area contributed by atoms with Gasteiger partial charge in [0.1, 0.15) is 11.6 Å². The summed E-state index contributed by atoms with van der Waals surface area (Å²) in [5.74, 6) is -1.26. The Morgan fingerprint density at radius 3 is 2.59 bits per heavy atom. The fourth-order valence-electron chi connectivity index (χ4n) is 2.80. The second-order valence-electron chi connectivity index (χ2n) is 6.11. The third kappa shape index (κ3) is 3.93. The van der Waals surface area contributed by atoms with Crippen LogP contribution in [0, 0.1) is 18.6 Å². The summed E-state index contributed by atoms with van der Waals surface area (Å²) in [7, 11) is 0. The first-order valence-corrected chi connectivity index (χ1v) is 9.45. The van der Waals surface area contributed by atoms with Gasteiger partial charge in [0.25, 0.3) is 0 Å². The van der Waals surface area contributed by atoms with Crippen LogP contribution < -0.4 is 0 Å². The van der Waals surface area contributed by atoms with Crippen LogP contribution in [0.4, 0.5) is 8.78 Å². The number of hydrogen-bond acceptors (Lipinski definition) is 4. The average Bonchev–Trinajstić information content (AvgIpc) is 3.03. The predicted molar refractivity (Wildman–Crippen MR) is 102 cm³/mol. The lowest BCUT2D eigenvalue weighted by Crippen LogP contribution is -2.16. The van der Waals surface area contributed by atoms with Crippen LogP contribution in [-0.2, 0) is 6.54 Å². The van der Waals surface area contributed by atoms with E-state index < -0.39 is 22.7 Å². The standard InChI is InChI=1S/C20H19F2N3OS/c1-4-25-19(15-8-6-5-7-12(15)2)23-24-20(25)27-13(3)18(26)16-10-9-14(21)11-17(16)22/h5-11,13H,4H2,1-3H3. The highest BCUT2D eigenvalue weighted by molar-refractivity contribution is 8.00. The molecule has 0 bridgehead atoms. The molecule has 3 aromatic rings. The van der Waals surface area contributed by atoms with E-state index in [1.54, 1.807) is 6.92 Å². The van der Waals surface area contributed by atoms with E-state index in [-0.39, 0.29) is 5.56 Å². The molecule has 0 fully saturated rings. The minimum absolute atomic E-state index is 0.127. The van der Waals surface area contributed by atoms with Crippen LogP contribution in [0.25, 0.3) is 11.4 Å². The monoisotopic (exact) mass is 387 g/mol. The number of halogens is 2. The molecule has 3 rings (SSSR count). The molecule has 1 heterocycles. The van der Waals surface area contributed by atoms with Gasteiger partial charge in [-0.05, 0) is 38.5 Å². The van der Waals surface area contributed by atoms with Gasteiger partial charge in [-0.25, -0.2) is 8.78 Å². The van der Waals surface area contributed by atoms with Crippen molar-refractivity contribution in [2.24, 2.45) is 0 Å². The number of rotatable bonds is 6. The number of nitrogens with zero attached hydrogens (tertiary/aromatic N) is 3. The molecule has 1 aromatic heterocycles. The highest BCUT2D eigenvalue weighted by Gasteiger charge is 2.23. The van der Waals surface area contributed by atoms with Crippen LogP contribution in [0.1, 0.15) is 29.8 Å². The summed E-state index contributed by atoms with van der Waals surface area (Å²) in [6.45, 7) is 6.28. The van der Waals surface area contributed by atoms with E-state index in [0.717, 1.165) is 29.1 Å². The zero-order chi connectivity index (χ0) is 19.6. The van der Waals surface area contributed by atoms with Crippen molar-refractivity contribution in [2.75, 3.05) is 0 Å². The lowest BCUT2D eigenvalue weighted by atomic mass is 10.1. The van der Waals surface area contributed by atoms with Gasteiger partial charge in [0.15, 0.2) is 16.8 Å². The third-order valence-electron chi connectivity index (χ3n) is 4.27. The van der Waals surface area contributed by atoms with Crippen molar-refractivity contribution in [3.05, 3.63) is 65.2 Å². The van der Waals surface area contributed by atoms with E-state index >= 15 is 0 Å². The quantitative estimate of drug-likeness (QED) is 0.445. The zero-order valence-electron chi connectivity index (χ0n) is 15.2. The molecule has 0 aliphatic rings. The van der Waals surface area contributed by atoms with E-state index in [9.17, 15) is 13.6 Å². The Morgan fingerprint density at radius 2 is 1.93 bits per heavy atom. The molecule has 4 nitrogen and oxygen atoms in total. The Hall–Kier alpha value is -2.54. The number of aryl methyl sites for hydroxylation is 1. The summed E-state index contributed by atoms with van der Waals surface area (Å²) in [6, 6.07) is 10.8. The lowest BCUT2D eigenvalue weighted by molar-refractivity contribution is 0.0990. The maximum Gasteiger partial charge on any atom is 0.192 e.